The van der Waals surface area contributed by atoms with E-state index < -0.39 is 0 Å². The summed E-state index contributed by atoms with van der Waals surface area (Å²) in [5.41, 5.74) is 26.3. The van der Waals surface area contributed by atoms with E-state index in [4.69, 9.17) is 4.98 Å². The average molecular weight is 1040 g/mol. The van der Waals surface area contributed by atoms with Gasteiger partial charge in [-0.15, -0.1) is 0 Å². The Morgan fingerprint density at radius 1 is 0.383 bits per heavy atom. The Kier molecular flexibility index (Phi) is 11.4. The first kappa shape index (κ1) is 47.2. The molecule has 0 saturated carbocycles. The molecule has 4 nitrogen and oxygen atoms in total. The molecule has 0 bridgehead atoms. The van der Waals surface area contributed by atoms with E-state index in [1.807, 2.05) is 0 Å². The second kappa shape index (κ2) is 19.5. The minimum Gasteiger partial charge on any atom is -0.337 e. The highest BCUT2D eigenvalue weighted by molar-refractivity contribution is 5.92. The molecule has 0 N–H and O–H groups in total. The lowest BCUT2D eigenvalue weighted by Crippen LogP contribution is -2.32. The smallest absolute Gasteiger partial charge is 0.0715 e. The van der Waals surface area contributed by atoms with Crippen molar-refractivity contribution in [2.45, 2.75) is 43.7 Å². The van der Waals surface area contributed by atoms with Crippen LogP contribution in [0.4, 0.5) is 17.1 Å². The molecule has 16 rings (SSSR count). The molecule has 4 aliphatic carbocycles. The van der Waals surface area contributed by atoms with Crippen molar-refractivity contribution in [3.63, 3.8) is 0 Å². The van der Waals surface area contributed by atoms with E-state index >= 15 is 0 Å². The second-order valence-electron chi connectivity index (χ2n) is 22.4. The number of pyridine rings is 1. The van der Waals surface area contributed by atoms with E-state index in [1.165, 1.54) is 78.3 Å². The largest absolute Gasteiger partial charge is 0.337 e. The van der Waals surface area contributed by atoms with Gasteiger partial charge in [0.05, 0.1) is 29.0 Å². The van der Waals surface area contributed by atoms with Gasteiger partial charge in [0.25, 0.3) is 0 Å². The minimum atomic E-state index is 0.163. The van der Waals surface area contributed by atoms with Gasteiger partial charge in [0, 0.05) is 62.5 Å². The highest BCUT2D eigenvalue weighted by Gasteiger charge is 2.40. The highest BCUT2D eigenvalue weighted by atomic mass is 15.2. The number of aryl methyl sites for hydroxylation is 1. The minimum absolute atomic E-state index is 0.163. The van der Waals surface area contributed by atoms with Crippen LogP contribution >= 0.6 is 0 Å². The van der Waals surface area contributed by atoms with Crippen LogP contribution in [0.1, 0.15) is 42.0 Å². The van der Waals surface area contributed by atoms with Gasteiger partial charge in [-0.3, -0.25) is 0 Å². The number of fused-ring (bicyclic) bond motifs is 8. The molecular formula is C77H58N4. The molecule has 2 aliphatic heterocycles. The third-order valence-corrected chi connectivity index (χ3v) is 17.7. The molecule has 0 saturated heterocycles. The number of anilines is 3. The van der Waals surface area contributed by atoms with Crippen LogP contribution in [0, 0.1) is 5.92 Å². The summed E-state index contributed by atoms with van der Waals surface area (Å²) in [5.74, 6) is 0.647. The van der Waals surface area contributed by atoms with E-state index in [9.17, 15) is 0 Å². The predicted molar refractivity (Wildman–Crippen MR) is 338 cm³/mol. The summed E-state index contributed by atoms with van der Waals surface area (Å²) in [6.07, 6.45) is 32.0. The molecule has 0 amide bonds. The van der Waals surface area contributed by atoms with E-state index in [2.05, 4.69) is 294 Å². The van der Waals surface area contributed by atoms with E-state index in [1.54, 1.807) is 0 Å². The quantitative estimate of drug-likeness (QED) is 0.144. The number of hydrogen-bond donors (Lipinski definition) is 0. The maximum Gasteiger partial charge on any atom is 0.0715 e. The molecular weight excluding hydrogens is 981 g/mol. The summed E-state index contributed by atoms with van der Waals surface area (Å²) in [6, 6.07) is 77.1. The van der Waals surface area contributed by atoms with E-state index in [0.717, 1.165) is 76.1 Å². The molecule has 386 valence electrons. The fourth-order valence-electron chi connectivity index (χ4n) is 14.0. The topological polar surface area (TPSA) is 24.3 Å². The lowest BCUT2D eigenvalue weighted by molar-refractivity contribution is 0.681. The Balaban J connectivity index is 0.827. The SMILES string of the molecule is C1=CC2C3=C(CCC=C3)N(c3cccc(-c4cccc(-c5cc(-c6ccc(-c7ccccc7)cc6)cc(-c6cccc(-c7cc(N8c9ccccc9C9C=CC=CC98)cc(-n8c9c(c%10ccccc%108)CCC=C9)c7)c6)n5)c4)c3)C2C=C1. The Hall–Kier alpha value is -9.77. The number of aromatic nitrogens is 2. The van der Waals surface area contributed by atoms with Gasteiger partial charge in [-0.05, 0) is 160 Å². The standard InChI is InChI=1S/C77H58N4/c1-2-19-51(20-3-1)52-39-41-53(42-40-52)60-48-70(57-24-16-21-54(43-57)56-23-18-26-61(45-56)79-72-33-10-4-27-64(72)65-28-5-11-34-73(65)79)78-71(49-60)58-25-17-22-55(44-58)59-46-62(80-74-35-12-6-29-66(74)67-30-7-13-36-75(67)80)50-63(47-59)81-76-37-14-8-31-68(76)69-32-9-15-38-77(69)81/h1-8,10,12-31,33,35-50,64,66,72,74H,9,11,32,34H2. The first-order chi connectivity index (χ1) is 40.1. The Bertz CT molecular complexity index is 4390. The number of benzene rings is 8. The zero-order chi connectivity index (χ0) is 53.4. The fraction of sp³-hybridized carbons (Fsp3) is 0.104. The van der Waals surface area contributed by atoms with Crippen molar-refractivity contribution in [3.8, 4) is 72.7 Å². The third kappa shape index (κ3) is 8.15. The molecule has 4 atom stereocenters. The maximum atomic E-state index is 5.63. The van der Waals surface area contributed by atoms with Crippen LogP contribution in [0.2, 0.25) is 0 Å². The summed E-state index contributed by atoms with van der Waals surface area (Å²) >= 11 is 0. The van der Waals surface area contributed by atoms with Crippen molar-refractivity contribution in [3.05, 3.63) is 301 Å². The molecule has 4 heterocycles. The van der Waals surface area contributed by atoms with Gasteiger partial charge in [-0.25, -0.2) is 4.98 Å². The van der Waals surface area contributed by atoms with Crippen molar-refractivity contribution in [2.75, 3.05) is 9.80 Å². The number of hydrogen-bond acceptors (Lipinski definition) is 3. The van der Waals surface area contributed by atoms with Gasteiger partial charge in [-0.1, -0.05) is 206 Å². The van der Waals surface area contributed by atoms with Crippen LogP contribution in [0.3, 0.4) is 0 Å². The van der Waals surface area contributed by atoms with Gasteiger partial charge in [0.15, 0.2) is 0 Å². The first-order valence-corrected chi connectivity index (χ1v) is 28.9. The Labute approximate surface area is 474 Å². The zero-order valence-electron chi connectivity index (χ0n) is 45.0. The summed E-state index contributed by atoms with van der Waals surface area (Å²) < 4.78 is 2.51. The number of rotatable bonds is 9. The van der Waals surface area contributed by atoms with Crippen molar-refractivity contribution < 1.29 is 0 Å². The Morgan fingerprint density at radius 3 is 1.75 bits per heavy atom. The van der Waals surface area contributed by atoms with Gasteiger partial charge in [0.2, 0.25) is 0 Å². The van der Waals surface area contributed by atoms with E-state index in [-0.39, 0.29) is 18.0 Å². The molecule has 0 radical (unpaired) electrons. The van der Waals surface area contributed by atoms with Crippen molar-refractivity contribution >= 4 is 34.0 Å². The van der Waals surface area contributed by atoms with Gasteiger partial charge in [0.1, 0.15) is 0 Å². The van der Waals surface area contributed by atoms with Crippen LogP contribution < -0.4 is 9.80 Å². The van der Waals surface area contributed by atoms with Crippen LogP contribution in [0.15, 0.2) is 284 Å². The molecule has 8 aromatic carbocycles. The number of nitrogens with zero attached hydrogens (tertiary/aromatic N) is 4. The Morgan fingerprint density at radius 2 is 0.951 bits per heavy atom. The lowest BCUT2D eigenvalue weighted by Gasteiger charge is -2.31. The van der Waals surface area contributed by atoms with Crippen LogP contribution in [-0.2, 0) is 6.42 Å². The average Bonchev–Trinajstić information content (AvgIpc) is 4.38. The zero-order valence-corrected chi connectivity index (χ0v) is 45.0. The van der Waals surface area contributed by atoms with Gasteiger partial charge in [-0.2, -0.15) is 0 Å². The number of para-hydroxylation sites is 2. The summed E-state index contributed by atoms with van der Waals surface area (Å²) in [7, 11) is 0. The summed E-state index contributed by atoms with van der Waals surface area (Å²) in [4.78, 5) is 10.8. The monoisotopic (exact) mass is 1040 g/mol. The molecule has 6 aliphatic rings. The molecule has 0 fully saturated rings. The molecule has 4 unspecified atom stereocenters. The lowest BCUT2D eigenvalue weighted by atomic mass is 9.88. The molecule has 4 heteroatoms. The third-order valence-electron chi connectivity index (χ3n) is 17.7. The number of allylic oxidation sites excluding steroid dienone is 8. The maximum absolute atomic E-state index is 5.63. The second-order valence-corrected chi connectivity index (χ2v) is 22.4. The van der Waals surface area contributed by atoms with E-state index in [0.29, 0.717) is 5.92 Å². The van der Waals surface area contributed by atoms with Gasteiger partial charge >= 0.3 is 0 Å². The highest BCUT2D eigenvalue weighted by Crippen LogP contribution is 2.50. The van der Waals surface area contributed by atoms with Crippen molar-refractivity contribution in [1.29, 1.82) is 0 Å². The molecule has 2 aromatic heterocycles. The predicted octanol–water partition coefficient (Wildman–Crippen LogP) is 19.3. The van der Waals surface area contributed by atoms with Crippen LogP contribution in [0.5, 0.6) is 0 Å². The molecule has 0 spiro atoms. The normalized spacial score (nSPS) is 19.0. The van der Waals surface area contributed by atoms with Crippen LogP contribution in [0.25, 0.3) is 89.7 Å². The molecule has 81 heavy (non-hydrogen) atoms. The fourth-order valence-corrected chi connectivity index (χ4v) is 14.0. The molecule has 10 aromatic rings. The van der Waals surface area contributed by atoms with Crippen molar-refractivity contribution in [1.82, 2.24) is 9.55 Å². The van der Waals surface area contributed by atoms with Crippen molar-refractivity contribution in [2.24, 2.45) is 5.92 Å². The first-order valence-electron chi connectivity index (χ1n) is 28.9. The summed E-state index contributed by atoms with van der Waals surface area (Å²) in [5, 5.41) is 1.33. The van der Waals surface area contributed by atoms with Gasteiger partial charge < -0.3 is 14.4 Å². The van der Waals surface area contributed by atoms with Crippen LogP contribution in [-0.4, -0.2) is 21.6 Å². The summed E-state index contributed by atoms with van der Waals surface area (Å²) in [6.45, 7) is 0.